The highest BCUT2D eigenvalue weighted by Gasteiger charge is 2.25. The van der Waals surface area contributed by atoms with Gasteiger partial charge >= 0.3 is 0 Å². The standard InChI is InChI=1S/C11H13BrClFN2O2S/c12-9-7(13)5-8(10(14)11(9)15)19(17,18)16-4-3-6-1-2-6/h5-6,16H,1-4,15H2. The normalized spacial score (nSPS) is 15.7. The number of hydrogen-bond acceptors (Lipinski definition) is 3. The molecule has 0 spiro atoms. The fourth-order valence-electron chi connectivity index (χ4n) is 1.68. The van der Waals surface area contributed by atoms with E-state index in [1.165, 1.54) is 0 Å². The Morgan fingerprint density at radius 3 is 2.74 bits per heavy atom. The van der Waals surface area contributed by atoms with Crippen molar-refractivity contribution in [2.75, 3.05) is 12.3 Å². The number of hydrogen-bond donors (Lipinski definition) is 2. The van der Waals surface area contributed by atoms with Gasteiger partial charge in [-0.1, -0.05) is 24.4 Å². The number of benzene rings is 1. The number of anilines is 1. The first-order valence-corrected chi connectivity index (χ1v) is 8.41. The lowest BCUT2D eigenvalue weighted by atomic mass is 10.3. The van der Waals surface area contributed by atoms with E-state index < -0.39 is 20.7 Å². The molecule has 1 aliphatic carbocycles. The van der Waals surface area contributed by atoms with Gasteiger partial charge in [0.1, 0.15) is 4.90 Å². The predicted molar refractivity (Wildman–Crippen MR) is 76.1 cm³/mol. The molecule has 0 aliphatic heterocycles. The maximum Gasteiger partial charge on any atom is 0.243 e. The molecule has 0 amide bonds. The van der Waals surface area contributed by atoms with Gasteiger partial charge in [-0.15, -0.1) is 0 Å². The summed E-state index contributed by atoms with van der Waals surface area (Å²) in [6.45, 7) is 0.292. The molecule has 1 fully saturated rings. The minimum Gasteiger partial charge on any atom is -0.395 e. The Hall–Kier alpha value is -0.370. The van der Waals surface area contributed by atoms with Crippen LogP contribution in [0.5, 0.6) is 0 Å². The number of nitrogens with one attached hydrogen (secondary N) is 1. The van der Waals surface area contributed by atoms with Crippen molar-refractivity contribution in [3.8, 4) is 0 Å². The maximum atomic E-state index is 13.9. The molecule has 1 aromatic carbocycles. The second-order valence-corrected chi connectivity index (χ2v) is 7.46. The molecule has 0 saturated heterocycles. The van der Waals surface area contributed by atoms with Crippen molar-refractivity contribution in [2.24, 2.45) is 5.92 Å². The third-order valence-corrected chi connectivity index (χ3v) is 5.83. The van der Waals surface area contributed by atoms with Crippen LogP contribution >= 0.6 is 27.5 Å². The van der Waals surface area contributed by atoms with E-state index in [4.69, 9.17) is 17.3 Å². The van der Waals surface area contributed by atoms with Crippen LogP contribution in [0.2, 0.25) is 5.02 Å². The van der Waals surface area contributed by atoms with E-state index in [2.05, 4.69) is 20.7 Å². The van der Waals surface area contributed by atoms with Crippen molar-refractivity contribution in [2.45, 2.75) is 24.2 Å². The smallest absolute Gasteiger partial charge is 0.243 e. The Kier molecular flexibility index (Phi) is 4.39. The second-order valence-electron chi connectivity index (χ2n) is 4.53. The zero-order chi connectivity index (χ0) is 14.2. The van der Waals surface area contributed by atoms with Crippen LogP contribution in [0, 0.1) is 11.7 Å². The summed E-state index contributed by atoms with van der Waals surface area (Å²) < 4.78 is 40.4. The average molecular weight is 372 g/mol. The van der Waals surface area contributed by atoms with Gasteiger partial charge in [0, 0.05) is 6.54 Å². The van der Waals surface area contributed by atoms with E-state index in [9.17, 15) is 12.8 Å². The highest BCUT2D eigenvalue weighted by atomic mass is 79.9. The molecule has 8 heteroatoms. The summed E-state index contributed by atoms with van der Waals surface area (Å²) in [5, 5.41) is 0.0569. The van der Waals surface area contributed by atoms with Gasteiger partial charge in [-0.05, 0) is 34.3 Å². The second kappa shape index (κ2) is 5.55. The Balaban J connectivity index is 2.23. The Morgan fingerprint density at radius 2 is 2.16 bits per heavy atom. The van der Waals surface area contributed by atoms with Crippen molar-refractivity contribution in [3.05, 3.63) is 21.4 Å². The van der Waals surface area contributed by atoms with Crippen molar-refractivity contribution in [1.82, 2.24) is 4.72 Å². The van der Waals surface area contributed by atoms with E-state index >= 15 is 0 Å². The van der Waals surface area contributed by atoms with Gasteiger partial charge in [0.15, 0.2) is 5.82 Å². The zero-order valence-corrected chi connectivity index (χ0v) is 13.1. The SMILES string of the molecule is Nc1c(F)c(S(=O)(=O)NCCC2CC2)cc(Cl)c1Br. The van der Waals surface area contributed by atoms with Crippen LogP contribution in [0.1, 0.15) is 19.3 Å². The summed E-state index contributed by atoms with van der Waals surface area (Å²) in [4.78, 5) is -0.519. The third-order valence-electron chi connectivity index (χ3n) is 2.99. The topological polar surface area (TPSA) is 72.2 Å². The van der Waals surface area contributed by atoms with Crippen LogP contribution in [0.3, 0.4) is 0 Å². The Labute approximate surface area is 124 Å². The molecule has 19 heavy (non-hydrogen) atoms. The molecule has 0 atom stereocenters. The lowest BCUT2D eigenvalue weighted by Crippen LogP contribution is -2.26. The van der Waals surface area contributed by atoms with E-state index in [-0.39, 0.29) is 15.2 Å². The highest BCUT2D eigenvalue weighted by molar-refractivity contribution is 9.10. The number of halogens is 3. The first kappa shape index (κ1) is 15.0. The van der Waals surface area contributed by atoms with Gasteiger partial charge in [-0.2, -0.15) is 0 Å². The van der Waals surface area contributed by atoms with Gasteiger partial charge in [-0.3, -0.25) is 0 Å². The first-order chi connectivity index (χ1) is 8.83. The van der Waals surface area contributed by atoms with E-state index in [1.54, 1.807) is 0 Å². The number of rotatable bonds is 5. The lowest BCUT2D eigenvalue weighted by Gasteiger charge is -2.11. The minimum absolute atomic E-state index is 0.0569. The monoisotopic (exact) mass is 370 g/mol. The molecular formula is C11H13BrClFN2O2S. The van der Waals surface area contributed by atoms with E-state index in [0.717, 1.165) is 25.3 Å². The van der Waals surface area contributed by atoms with Crippen LogP contribution in [0.25, 0.3) is 0 Å². The summed E-state index contributed by atoms with van der Waals surface area (Å²) in [5.74, 6) is -0.402. The summed E-state index contributed by atoms with van der Waals surface area (Å²) >= 11 is 8.80. The summed E-state index contributed by atoms with van der Waals surface area (Å²) in [5.41, 5.74) is 5.16. The number of nitrogen functional groups attached to an aromatic ring is 1. The molecule has 0 unspecified atom stereocenters. The summed E-state index contributed by atoms with van der Waals surface area (Å²) in [6.07, 6.45) is 3.03. The van der Waals surface area contributed by atoms with Gasteiger partial charge < -0.3 is 5.73 Å². The Bertz CT molecular complexity index is 605. The number of nitrogens with two attached hydrogens (primary N) is 1. The van der Waals surface area contributed by atoms with Crippen molar-refractivity contribution >= 4 is 43.2 Å². The van der Waals surface area contributed by atoms with Crippen molar-refractivity contribution < 1.29 is 12.8 Å². The van der Waals surface area contributed by atoms with Crippen LogP contribution in [-0.2, 0) is 10.0 Å². The molecule has 1 aromatic rings. The fraction of sp³-hybridized carbons (Fsp3) is 0.455. The fourth-order valence-corrected chi connectivity index (χ4v) is 3.40. The van der Waals surface area contributed by atoms with Crippen LogP contribution in [-0.4, -0.2) is 15.0 Å². The molecule has 0 heterocycles. The van der Waals surface area contributed by atoms with E-state index in [1.807, 2.05) is 0 Å². The number of sulfonamides is 1. The van der Waals surface area contributed by atoms with Crippen molar-refractivity contribution in [1.29, 1.82) is 0 Å². The predicted octanol–water partition coefficient (Wildman–Crippen LogP) is 2.90. The third kappa shape index (κ3) is 3.39. The molecule has 0 radical (unpaired) electrons. The average Bonchev–Trinajstić information content (AvgIpc) is 3.14. The molecule has 2 rings (SSSR count). The molecule has 0 aromatic heterocycles. The molecule has 4 nitrogen and oxygen atoms in total. The zero-order valence-electron chi connectivity index (χ0n) is 9.92. The molecular weight excluding hydrogens is 359 g/mol. The quantitative estimate of drug-likeness (QED) is 0.617. The largest absolute Gasteiger partial charge is 0.395 e. The highest BCUT2D eigenvalue weighted by Crippen LogP contribution is 2.35. The minimum atomic E-state index is -3.93. The molecule has 1 saturated carbocycles. The Morgan fingerprint density at radius 1 is 1.53 bits per heavy atom. The molecule has 0 bridgehead atoms. The maximum absolute atomic E-state index is 13.9. The summed E-state index contributed by atoms with van der Waals surface area (Å²) in [7, 11) is -3.93. The first-order valence-electron chi connectivity index (χ1n) is 5.75. The summed E-state index contributed by atoms with van der Waals surface area (Å²) in [6, 6.07) is 1.05. The van der Waals surface area contributed by atoms with Gasteiger partial charge in [0.2, 0.25) is 10.0 Å². The van der Waals surface area contributed by atoms with Gasteiger partial charge in [0.25, 0.3) is 0 Å². The van der Waals surface area contributed by atoms with Gasteiger partial charge in [-0.25, -0.2) is 17.5 Å². The molecule has 1 aliphatic rings. The van der Waals surface area contributed by atoms with Crippen molar-refractivity contribution in [3.63, 3.8) is 0 Å². The lowest BCUT2D eigenvalue weighted by molar-refractivity contribution is 0.554. The van der Waals surface area contributed by atoms with Gasteiger partial charge in [0.05, 0.1) is 15.2 Å². The van der Waals surface area contributed by atoms with Crippen LogP contribution < -0.4 is 10.5 Å². The van der Waals surface area contributed by atoms with Crippen LogP contribution in [0.4, 0.5) is 10.1 Å². The van der Waals surface area contributed by atoms with Crippen LogP contribution in [0.15, 0.2) is 15.4 Å². The molecule has 3 N–H and O–H groups in total. The van der Waals surface area contributed by atoms with E-state index in [0.29, 0.717) is 12.5 Å². The molecule has 106 valence electrons.